The van der Waals surface area contributed by atoms with Crippen molar-refractivity contribution in [1.82, 2.24) is 34.3 Å². The van der Waals surface area contributed by atoms with Gasteiger partial charge in [-0.2, -0.15) is 0 Å². The molecule has 2 saturated heterocycles. The number of anilines is 2. The maximum absolute atomic E-state index is 15.0. The molecule has 6 rings (SSSR count). The predicted molar refractivity (Wildman–Crippen MR) is 148 cm³/mol. The maximum atomic E-state index is 15.0. The minimum atomic E-state index is -0.542. The van der Waals surface area contributed by atoms with Gasteiger partial charge in [0.2, 0.25) is 5.95 Å². The van der Waals surface area contributed by atoms with Gasteiger partial charge in [0.05, 0.1) is 11.7 Å². The summed E-state index contributed by atoms with van der Waals surface area (Å²) in [5.41, 5.74) is 2.62. The van der Waals surface area contributed by atoms with E-state index in [1.54, 1.807) is 12.1 Å². The van der Waals surface area contributed by atoms with Crippen molar-refractivity contribution in [3.63, 3.8) is 0 Å². The van der Waals surface area contributed by atoms with Crippen molar-refractivity contribution in [2.45, 2.75) is 65.2 Å². The maximum Gasteiger partial charge on any atom is 0.228 e. The summed E-state index contributed by atoms with van der Waals surface area (Å²) in [5, 5.41) is 3.06. The molecule has 3 aromatic heterocycles. The van der Waals surface area contributed by atoms with Crippen molar-refractivity contribution >= 4 is 22.8 Å². The first-order valence-corrected chi connectivity index (χ1v) is 13.7. The Bertz CT molecular complexity index is 1490. The van der Waals surface area contributed by atoms with Crippen LogP contribution in [-0.2, 0) is 6.54 Å². The number of likely N-dealkylation sites (tertiary alicyclic amines) is 1. The number of hydrogen-bond acceptors (Lipinski definition) is 7. The zero-order valence-electron chi connectivity index (χ0n) is 22.8. The molecule has 10 heteroatoms. The lowest BCUT2D eigenvalue weighted by atomic mass is 10.0. The first kappa shape index (κ1) is 25.8. The third kappa shape index (κ3) is 4.87. The van der Waals surface area contributed by atoms with Gasteiger partial charge in [-0.05, 0) is 63.9 Å². The monoisotopic (exact) mass is 532 g/mol. The molecule has 0 amide bonds. The van der Waals surface area contributed by atoms with Crippen LogP contribution in [0.25, 0.3) is 22.2 Å². The number of nitrogens with one attached hydrogen (secondary N) is 1. The number of nitrogens with zero attached hydrogens (tertiary/aromatic N) is 7. The number of piperazine rings is 1. The van der Waals surface area contributed by atoms with Crippen LogP contribution in [0.15, 0.2) is 36.8 Å². The molecule has 5 heterocycles. The van der Waals surface area contributed by atoms with Crippen molar-refractivity contribution in [1.29, 1.82) is 0 Å². The van der Waals surface area contributed by atoms with E-state index in [1.165, 1.54) is 18.9 Å². The van der Waals surface area contributed by atoms with Gasteiger partial charge in [-0.1, -0.05) is 6.92 Å². The third-order valence-electron chi connectivity index (χ3n) is 8.03. The molecule has 0 radical (unpaired) electrons. The summed E-state index contributed by atoms with van der Waals surface area (Å²) in [5.74, 6) is 0.429. The molecular weight excluding hydrogens is 498 g/mol. The lowest BCUT2D eigenvalue weighted by molar-refractivity contribution is 0.0669. The summed E-state index contributed by atoms with van der Waals surface area (Å²) in [6, 6.07) is 6.04. The van der Waals surface area contributed by atoms with E-state index in [2.05, 4.69) is 42.0 Å². The van der Waals surface area contributed by atoms with E-state index in [-0.39, 0.29) is 17.1 Å². The van der Waals surface area contributed by atoms with E-state index in [9.17, 15) is 4.39 Å². The standard InChI is InChI=1S/C29H34F2N8/c1-5-38-21-6-7-22(38)16-37(15-21)14-19-11-33-29(34-12-19)36-27-10-23(25(31)13-32-27)20-8-24(30)28-26(9-20)39(17(2)3)18(4)35-28/h8-13,17,21-22H,5-7,14-16H2,1-4H3,(H,32,33,34,36). The first-order valence-electron chi connectivity index (χ1n) is 13.7. The Kier molecular flexibility index (Phi) is 6.76. The molecular formula is C29H34F2N8. The molecule has 39 heavy (non-hydrogen) atoms. The van der Waals surface area contributed by atoms with Gasteiger partial charge < -0.3 is 9.88 Å². The Morgan fingerprint density at radius 1 is 0.974 bits per heavy atom. The Morgan fingerprint density at radius 3 is 2.36 bits per heavy atom. The summed E-state index contributed by atoms with van der Waals surface area (Å²) >= 11 is 0. The highest BCUT2D eigenvalue weighted by Gasteiger charge is 2.38. The summed E-state index contributed by atoms with van der Waals surface area (Å²) < 4.78 is 31.8. The first-order chi connectivity index (χ1) is 18.8. The largest absolute Gasteiger partial charge is 0.326 e. The lowest BCUT2D eigenvalue weighted by Crippen LogP contribution is -2.53. The molecule has 2 fully saturated rings. The molecule has 2 aliphatic rings. The van der Waals surface area contributed by atoms with Crippen molar-refractivity contribution in [2.24, 2.45) is 0 Å². The molecule has 1 aromatic carbocycles. The van der Waals surface area contributed by atoms with Crippen LogP contribution in [0, 0.1) is 18.6 Å². The Hall–Kier alpha value is -3.50. The number of likely N-dealkylation sites (N-methyl/N-ethyl adjacent to an activating group) is 1. The predicted octanol–water partition coefficient (Wildman–Crippen LogP) is 5.47. The summed E-state index contributed by atoms with van der Waals surface area (Å²) in [6.45, 7) is 12.2. The molecule has 1 N–H and O–H groups in total. The van der Waals surface area contributed by atoms with Crippen LogP contribution in [0.2, 0.25) is 0 Å². The van der Waals surface area contributed by atoms with Gasteiger partial charge in [-0.15, -0.1) is 0 Å². The minimum absolute atomic E-state index is 0.0837. The molecule has 2 unspecified atom stereocenters. The van der Waals surface area contributed by atoms with Crippen LogP contribution in [0.5, 0.6) is 0 Å². The number of pyridine rings is 1. The van der Waals surface area contributed by atoms with Crippen molar-refractivity contribution < 1.29 is 8.78 Å². The van der Waals surface area contributed by atoms with E-state index >= 15 is 4.39 Å². The Balaban J connectivity index is 1.20. The molecule has 204 valence electrons. The molecule has 0 aliphatic carbocycles. The van der Waals surface area contributed by atoms with Crippen molar-refractivity contribution in [2.75, 3.05) is 25.0 Å². The second kappa shape index (κ2) is 10.2. The topological polar surface area (TPSA) is 75.0 Å². The second-order valence-electron chi connectivity index (χ2n) is 10.9. The zero-order chi connectivity index (χ0) is 27.3. The average Bonchev–Trinajstić information content (AvgIpc) is 3.38. The molecule has 2 bridgehead atoms. The number of fused-ring (bicyclic) bond motifs is 3. The van der Waals surface area contributed by atoms with Gasteiger partial charge in [0.1, 0.15) is 23.0 Å². The van der Waals surface area contributed by atoms with E-state index in [4.69, 9.17) is 0 Å². The number of halogens is 2. The summed E-state index contributed by atoms with van der Waals surface area (Å²) in [7, 11) is 0. The van der Waals surface area contributed by atoms with E-state index < -0.39 is 11.6 Å². The summed E-state index contributed by atoms with van der Waals surface area (Å²) in [4.78, 5) is 22.6. The normalized spacial score (nSPS) is 19.9. The van der Waals surface area contributed by atoms with E-state index in [0.717, 1.165) is 37.9 Å². The Labute approximate surface area is 227 Å². The van der Waals surface area contributed by atoms with Gasteiger partial charge in [0, 0.05) is 61.3 Å². The van der Waals surface area contributed by atoms with E-state index in [1.807, 2.05) is 37.7 Å². The van der Waals surface area contributed by atoms with Crippen LogP contribution >= 0.6 is 0 Å². The fourth-order valence-electron chi connectivity index (χ4n) is 6.40. The van der Waals surface area contributed by atoms with Crippen LogP contribution in [0.3, 0.4) is 0 Å². The van der Waals surface area contributed by atoms with Crippen LogP contribution < -0.4 is 5.32 Å². The smallest absolute Gasteiger partial charge is 0.228 e. The molecule has 2 atom stereocenters. The molecule has 0 saturated carbocycles. The third-order valence-corrected chi connectivity index (χ3v) is 8.03. The number of aryl methyl sites for hydroxylation is 1. The molecule has 2 aliphatic heterocycles. The van der Waals surface area contributed by atoms with Crippen molar-refractivity contribution in [3.05, 3.63) is 59.8 Å². The number of benzene rings is 1. The Morgan fingerprint density at radius 2 is 1.69 bits per heavy atom. The van der Waals surface area contributed by atoms with Gasteiger partial charge in [-0.3, -0.25) is 9.80 Å². The van der Waals surface area contributed by atoms with Crippen LogP contribution in [0.4, 0.5) is 20.5 Å². The summed E-state index contributed by atoms with van der Waals surface area (Å²) in [6.07, 6.45) is 7.34. The van der Waals surface area contributed by atoms with Crippen LogP contribution in [0.1, 0.15) is 51.0 Å². The van der Waals surface area contributed by atoms with Gasteiger partial charge in [0.25, 0.3) is 0 Å². The average molecular weight is 533 g/mol. The zero-order valence-corrected chi connectivity index (χ0v) is 22.8. The molecule has 8 nitrogen and oxygen atoms in total. The number of rotatable bonds is 7. The molecule has 0 spiro atoms. The van der Waals surface area contributed by atoms with Gasteiger partial charge in [-0.25, -0.2) is 28.7 Å². The molecule has 4 aromatic rings. The quantitative estimate of drug-likeness (QED) is 0.338. The lowest BCUT2D eigenvalue weighted by Gasteiger charge is -2.40. The fourth-order valence-corrected chi connectivity index (χ4v) is 6.40. The van der Waals surface area contributed by atoms with Crippen LogP contribution in [-0.4, -0.2) is 66.0 Å². The fraction of sp³-hybridized carbons (Fsp3) is 0.448. The highest BCUT2D eigenvalue weighted by Crippen LogP contribution is 2.32. The van der Waals surface area contributed by atoms with Crippen molar-refractivity contribution in [3.8, 4) is 11.1 Å². The minimum Gasteiger partial charge on any atom is -0.326 e. The highest BCUT2D eigenvalue weighted by molar-refractivity contribution is 5.84. The number of hydrogen-bond donors (Lipinski definition) is 1. The van der Waals surface area contributed by atoms with E-state index in [0.29, 0.717) is 40.8 Å². The highest BCUT2D eigenvalue weighted by atomic mass is 19.1. The number of imidazole rings is 1. The second-order valence-corrected chi connectivity index (χ2v) is 10.9. The van der Waals surface area contributed by atoms with Gasteiger partial charge in [0.15, 0.2) is 5.82 Å². The van der Waals surface area contributed by atoms with Gasteiger partial charge >= 0.3 is 0 Å². The SMILES string of the molecule is CCN1C2CCC1CN(Cc1cnc(Nc3cc(-c4cc(F)c5nc(C)n(C(C)C)c5c4)c(F)cn3)nc1)C2. The number of aromatic nitrogens is 5.